The Balaban J connectivity index is 0.00000306. The Morgan fingerprint density at radius 2 is 2.03 bits per heavy atom. The number of carbonyl (C=O) groups excluding carboxylic acids is 1. The predicted molar refractivity (Wildman–Crippen MR) is 115 cm³/mol. The van der Waals surface area contributed by atoms with Crippen molar-refractivity contribution in [3.63, 3.8) is 0 Å². The van der Waals surface area contributed by atoms with E-state index in [0.717, 1.165) is 11.0 Å². The van der Waals surface area contributed by atoms with Crippen LogP contribution in [0.4, 0.5) is 4.79 Å². The fourth-order valence-electron chi connectivity index (χ4n) is 3.39. The Morgan fingerprint density at radius 3 is 2.73 bits per heavy atom. The van der Waals surface area contributed by atoms with Gasteiger partial charge in [0.2, 0.25) is 0 Å². The number of nitrogens with zero attached hydrogens (tertiary/aromatic N) is 5. The first kappa shape index (κ1) is 24.1. The number of aromatic hydroxyl groups is 1. The molecule has 0 amide bonds. The number of phenolic OH excluding ortho intramolecular Hbond substituents is 1. The number of methoxy groups -OCH3 is 1. The van der Waals surface area contributed by atoms with Gasteiger partial charge in [0.25, 0.3) is 0 Å². The summed E-state index contributed by atoms with van der Waals surface area (Å²) in [6.07, 6.45) is 3.71. The first-order chi connectivity index (χ1) is 15.4. The van der Waals surface area contributed by atoms with Gasteiger partial charge in [-0.15, -0.1) is 0 Å². The summed E-state index contributed by atoms with van der Waals surface area (Å²) in [5, 5.41) is 18.7. The van der Waals surface area contributed by atoms with Gasteiger partial charge in [0.1, 0.15) is 5.75 Å². The van der Waals surface area contributed by atoms with Crippen molar-refractivity contribution < 1.29 is 41.2 Å². The molecule has 10 nitrogen and oxygen atoms in total. The Labute approximate surface area is 200 Å². The molecule has 2 heterocycles. The number of hydrogen-bond donors (Lipinski definition) is 1. The van der Waals surface area contributed by atoms with Crippen molar-refractivity contribution in [1.82, 2.24) is 24.3 Å². The first-order valence-corrected chi connectivity index (χ1v) is 9.99. The number of para-hydroxylation sites is 1. The van der Waals surface area contributed by atoms with Gasteiger partial charge in [0.15, 0.2) is 11.5 Å². The Morgan fingerprint density at radius 1 is 1.24 bits per heavy atom. The maximum atomic E-state index is 11.7. The van der Waals surface area contributed by atoms with Gasteiger partial charge in [0, 0.05) is 41.1 Å². The number of rotatable bonds is 6. The van der Waals surface area contributed by atoms with E-state index >= 15 is 0 Å². The molecule has 2 aromatic heterocycles. The molecule has 2 aromatic carbocycles. The normalized spacial score (nSPS) is 10.8. The zero-order valence-corrected chi connectivity index (χ0v) is 19.6. The molecular formula is C22H22MnN5O5-. The van der Waals surface area contributed by atoms with E-state index in [-0.39, 0.29) is 47.0 Å². The second-order valence-electron chi connectivity index (χ2n) is 7.15. The first-order valence-electron chi connectivity index (χ1n) is 9.99. The van der Waals surface area contributed by atoms with Crippen molar-refractivity contribution in [3.05, 3.63) is 43.0 Å². The van der Waals surface area contributed by atoms with Crippen LogP contribution in [0.15, 0.2) is 36.7 Å². The minimum absolute atomic E-state index is 0. The SMILES string of the molecule is CCOC(=O)Oc1cc(O)c(-c2nn[c-]n2-c2cccc3c2ncn3C(C)C)cc1OC.[Mn]. The molecule has 0 atom stereocenters. The quantitative estimate of drug-likeness (QED) is 0.187. The molecule has 0 fully saturated rings. The Hall–Kier alpha value is -3.56. The summed E-state index contributed by atoms with van der Waals surface area (Å²) in [7, 11) is 1.42. The van der Waals surface area contributed by atoms with Crippen molar-refractivity contribution >= 4 is 17.2 Å². The van der Waals surface area contributed by atoms with Crippen LogP contribution >= 0.6 is 0 Å². The molecule has 11 heteroatoms. The summed E-state index contributed by atoms with van der Waals surface area (Å²) in [6.45, 7) is 5.97. The fraction of sp³-hybridized carbons (Fsp3) is 0.273. The third kappa shape index (κ3) is 4.50. The number of fused-ring (bicyclic) bond motifs is 1. The van der Waals surface area contributed by atoms with E-state index < -0.39 is 6.16 Å². The summed E-state index contributed by atoms with van der Waals surface area (Å²) >= 11 is 0. The van der Waals surface area contributed by atoms with Crippen LogP contribution in [-0.4, -0.2) is 49.3 Å². The Kier molecular flexibility index (Phi) is 7.25. The average molecular weight is 491 g/mol. The van der Waals surface area contributed by atoms with E-state index in [2.05, 4.69) is 39.9 Å². The molecule has 173 valence electrons. The van der Waals surface area contributed by atoms with Crippen LogP contribution in [0.2, 0.25) is 0 Å². The van der Waals surface area contributed by atoms with Crippen LogP contribution in [0.5, 0.6) is 17.2 Å². The summed E-state index contributed by atoms with van der Waals surface area (Å²) in [5.74, 6) is 0.352. The maximum absolute atomic E-state index is 11.7. The van der Waals surface area contributed by atoms with Crippen molar-refractivity contribution in [2.75, 3.05) is 13.7 Å². The summed E-state index contributed by atoms with van der Waals surface area (Å²) in [5.41, 5.74) is 2.71. The largest absolute Gasteiger partial charge is 0.513 e. The Bertz CT molecular complexity index is 1280. The van der Waals surface area contributed by atoms with Crippen LogP contribution in [-0.2, 0) is 21.8 Å². The molecule has 0 unspecified atom stereocenters. The van der Waals surface area contributed by atoms with Gasteiger partial charge in [-0.25, -0.2) is 20.0 Å². The molecule has 0 saturated carbocycles. The zero-order chi connectivity index (χ0) is 22.8. The minimum Gasteiger partial charge on any atom is -0.508 e. The number of imidazole rings is 1. The van der Waals surface area contributed by atoms with Gasteiger partial charge in [-0.2, -0.15) is 0 Å². The molecule has 1 N–H and O–H groups in total. The molecule has 1 radical (unpaired) electrons. The van der Waals surface area contributed by atoms with Crippen LogP contribution < -0.4 is 9.47 Å². The van der Waals surface area contributed by atoms with Gasteiger partial charge in [-0.3, -0.25) is 0 Å². The van der Waals surface area contributed by atoms with Gasteiger partial charge in [0.05, 0.1) is 36.9 Å². The van der Waals surface area contributed by atoms with Gasteiger partial charge in [-0.1, -0.05) is 12.1 Å². The second-order valence-corrected chi connectivity index (χ2v) is 7.15. The predicted octanol–water partition coefficient (Wildman–Crippen LogP) is 3.91. The van der Waals surface area contributed by atoms with Crippen LogP contribution in [0.3, 0.4) is 0 Å². The van der Waals surface area contributed by atoms with E-state index in [1.54, 1.807) is 17.8 Å². The monoisotopic (exact) mass is 491 g/mol. The van der Waals surface area contributed by atoms with E-state index in [1.807, 2.05) is 18.2 Å². The topological polar surface area (TPSA) is 114 Å². The molecule has 0 spiro atoms. The maximum Gasteiger partial charge on any atom is 0.513 e. The number of hydrogen-bond acceptors (Lipinski definition) is 8. The van der Waals surface area contributed by atoms with Crippen LogP contribution in [0, 0.1) is 6.33 Å². The summed E-state index contributed by atoms with van der Waals surface area (Å²) < 4.78 is 18.9. The van der Waals surface area contributed by atoms with Crippen LogP contribution in [0.25, 0.3) is 28.1 Å². The number of benzene rings is 2. The third-order valence-corrected chi connectivity index (χ3v) is 4.86. The zero-order valence-electron chi connectivity index (χ0n) is 18.4. The van der Waals surface area contributed by atoms with E-state index in [9.17, 15) is 9.90 Å². The summed E-state index contributed by atoms with van der Waals surface area (Å²) in [6, 6.07) is 8.77. The number of ether oxygens (including phenoxy) is 3. The number of carbonyl (C=O) groups is 1. The number of phenols is 1. The average Bonchev–Trinajstić information content (AvgIpc) is 3.41. The van der Waals surface area contributed by atoms with Crippen molar-refractivity contribution in [3.8, 4) is 34.3 Å². The fourth-order valence-corrected chi connectivity index (χ4v) is 3.39. The molecule has 0 saturated heterocycles. The van der Waals surface area contributed by atoms with Gasteiger partial charge >= 0.3 is 6.16 Å². The van der Waals surface area contributed by atoms with Crippen molar-refractivity contribution in [2.45, 2.75) is 26.8 Å². The summed E-state index contributed by atoms with van der Waals surface area (Å²) in [4.78, 5) is 16.3. The molecule has 33 heavy (non-hydrogen) atoms. The second kappa shape index (κ2) is 9.93. The molecular weight excluding hydrogens is 469 g/mol. The molecule has 0 bridgehead atoms. The third-order valence-electron chi connectivity index (χ3n) is 4.86. The smallest absolute Gasteiger partial charge is 0.508 e. The molecule has 0 aliphatic rings. The van der Waals surface area contributed by atoms with Gasteiger partial charge in [-0.05, 0) is 38.6 Å². The molecule has 4 aromatic rings. The van der Waals surface area contributed by atoms with E-state index in [0.29, 0.717) is 17.1 Å². The minimum atomic E-state index is -0.901. The van der Waals surface area contributed by atoms with Crippen molar-refractivity contribution in [2.24, 2.45) is 0 Å². The van der Waals surface area contributed by atoms with E-state index in [4.69, 9.17) is 14.2 Å². The molecule has 0 aliphatic carbocycles. The molecule has 0 aliphatic heterocycles. The van der Waals surface area contributed by atoms with Crippen LogP contribution in [0.1, 0.15) is 26.8 Å². The van der Waals surface area contributed by atoms with Crippen molar-refractivity contribution in [1.29, 1.82) is 0 Å². The number of aromatic nitrogens is 5. The molecule has 4 rings (SSSR count). The standard InChI is InChI=1S/C22H22N5O5.Mn/c1-5-31-22(29)32-19-10-17(28)14(9-18(19)30-4)21-25-24-12-27(21)16-8-6-7-15-20(16)23-11-26(15)13(2)3;/h6-11,13,28H,5H2,1-4H3;/q-1;. The van der Waals surface area contributed by atoms with E-state index in [1.165, 1.54) is 19.2 Å². The van der Waals surface area contributed by atoms with Gasteiger partial charge < -0.3 is 28.5 Å².